The van der Waals surface area contributed by atoms with Crippen LogP contribution in [0.15, 0.2) is 30.3 Å². The highest BCUT2D eigenvalue weighted by Crippen LogP contribution is 2.20. The summed E-state index contributed by atoms with van der Waals surface area (Å²) in [6.45, 7) is 0. The summed E-state index contributed by atoms with van der Waals surface area (Å²) in [4.78, 5) is 11.9. The molecule has 19 heavy (non-hydrogen) atoms. The van der Waals surface area contributed by atoms with E-state index in [0.29, 0.717) is 6.42 Å². The normalized spacial score (nSPS) is 17.5. The third-order valence-electron chi connectivity index (χ3n) is 3.81. The van der Waals surface area contributed by atoms with Crippen LogP contribution in [0.25, 0.3) is 0 Å². The Morgan fingerprint density at radius 1 is 1.00 bits per heavy atom. The van der Waals surface area contributed by atoms with Crippen LogP contribution in [-0.4, -0.2) is 12.1 Å². The molecule has 0 atom stereocenters. The Bertz CT molecular complexity index is 364. The van der Waals surface area contributed by atoms with E-state index in [2.05, 4.69) is 12.1 Å². The van der Waals surface area contributed by atoms with Crippen LogP contribution in [0.2, 0.25) is 0 Å². The second kappa shape index (κ2) is 7.98. The smallest absolute Gasteiger partial charge is 0.306 e. The summed E-state index contributed by atoms with van der Waals surface area (Å²) in [5, 5.41) is 0. The molecule has 1 fully saturated rings. The van der Waals surface area contributed by atoms with Crippen LogP contribution in [0.5, 0.6) is 0 Å². The average molecular weight is 260 g/mol. The van der Waals surface area contributed by atoms with Crippen LogP contribution in [0.3, 0.4) is 0 Å². The van der Waals surface area contributed by atoms with E-state index in [4.69, 9.17) is 4.74 Å². The van der Waals surface area contributed by atoms with Crippen molar-refractivity contribution in [2.75, 3.05) is 0 Å². The van der Waals surface area contributed by atoms with Gasteiger partial charge in [-0.15, -0.1) is 0 Å². The van der Waals surface area contributed by atoms with Crippen LogP contribution in [0.1, 0.15) is 56.9 Å². The van der Waals surface area contributed by atoms with Crippen LogP contribution in [0.4, 0.5) is 0 Å². The van der Waals surface area contributed by atoms with Gasteiger partial charge in [0.05, 0.1) is 0 Å². The third kappa shape index (κ3) is 5.46. The molecule has 0 radical (unpaired) electrons. The van der Waals surface area contributed by atoms with Crippen molar-refractivity contribution in [3.63, 3.8) is 0 Å². The largest absolute Gasteiger partial charge is 0.462 e. The predicted octanol–water partition coefficient (Wildman–Crippen LogP) is 4.28. The summed E-state index contributed by atoms with van der Waals surface area (Å²) in [5.74, 6) is -0.0329. The first kappa shape index (κ1) is 14.1. The molecule has 0 heterocycles. The first-order valence-electron chi connectivity index (χ1n) is 7.58. The van der Waals surface area contributed by atoms with Crippen molar-refractivity contribution in [2.24, 2.45) is 0 Å². The number of hydrogen-bond donors (Lipinski definition) is 0. The Kier molecular flexibility index (Phi) is 5.93. The lowest BCUT2D eigenvalue weighted by molar-refractivity contribution is -0.150. The zero-order valence-corrected chi connectivity index (χ0v) is 11.6. The van der Waals surface area contributed by atoms with Gasteiger partial charge in [0, 0.05) is 6.42 Å². The molecule has 104 valence electrons. The molecule has 0 unspecified atom stereocenters. The number of aryl methyl sites for hydroxylation is 1. The van der Waals surface area contributed by atoms with Crippen molar-refractivity contribution < 1.29 is 9.53 Å². The van der Waals surface area contributed by atoms with Gasteiger partial charge in [-0.05, 0) is 37.7 Å². The Labute approximate surface area is 116 Å². The highest BCUT2D eigenvalue weighted by Gasteiger charge is 2.15. The summed E-state index contributed by atoms with van der Waals surface area (Å²) in [7, 11) is 0. The molecule has 0 aromatic heterocycles. The Hall–Kier alpha value is -1.31. The molecule has 0 aliphatic heterocycles. The van der Waals surface area contributed by atoms with E-state index in [1.54, 1.807) is 0 Å². The molecule has 1 saturated carbocycles. The SMILES string of the molecule is O=C(CCc1ccccc1)OC1CCCCCCC1. The molecule has 1 aromatic rings. The molecule has 1 aliphatic carbocycles. The lowest BCUT2D eigenvalue weighted by atomic mass is 9.98. The van der Waals surface area contributed by atoms with E-state index in [1.165, 1.54) is 37.7 Å². The molecular formula is C17H24O2. The molecule has 0 saturated heterocycles. The van der Waals surface area contributed by atoms with Crippen molar-refractivity contribution >= 4 is 5.97 Å². The second-order valence-electron chi connectivity index (χ2n) is 5.44. The summed E-state index contributed by atoms with van der Waals surface area (Å²) in [6, 6.07) is 10.1. The van der Waals surface area contributed by atoms with E-state index in [9.17, 15) is 4.79 Å². The summed E-state index contributed by atoms with van der Waals surface area (Å²) in [6.07, 6.45) is 9.89. The van der Waals surface area contributed by atoms with E-state index in [1.807, 2.05) is 18.2 Å². The molecule has 1 aliphatic rings. The number of benzene rings is 1. The van der Waals surface area contributed by atoms with Gasteiger partial charge in [0.1, 0.15) is 6.10 Å². The van der Waals surface area contributed by atoms with Crippen LogP contribution >= 0.6 is 0 Å². The van der Waals surface area contributed by atoms with Crippen LogP contribution in [0, 0.1) is 0 Å². The topological polar surface area (TPSA) is 26.3 Å². The highest BCUT2D eigenvalue weighted by atomic mass is 16.5. The van der Waals surface area contributed by atoms with Gasteiger partial charge in [-0.1, -0.05) is 49.6 Å². The zero-order chi connectivity index (χ0) is 13.3. The van der Waals surface area contributed by atoms with Crippen molar-refractivity contribution in [3.05, 3.63) is 35.9 Å². The summed E-state index contributed by atoms with van der Waals surface area (Å²) >= 11 is 0. The zero-order valence-electron chi connectivity index (χ0n) is 11.6. The van der Waals surface area contributed by atoms with Gasteiger partial charge >= 0.3 is 5.97 Å². The minimum atomic E-state index is -0.0329. The fourth-order valence-electron chi connectivity index (χ4n) is 2.67. The second-order valence-corrected chi connectivity index (χ2v) is 5.44. The quantitative estimate of drug-likeness (QED) is 0.755. The molecule has 2 rings (SSSR count). The number of ether oxygens (including phenoxy) is 1. The molecule has 1 aromatic carbocycles. The molecule has 0 spiro atoms. The van der Waals surface area contributed by atoms with E-state index in [-0.39, 0.29) is 12.1 Å². The van der Waals surface area contributed by atoms with Crippen molar-refractivity contribution in [2.45, 2.75) is 63.9 Å². The number of hydrogen-bond acceptors (Lipinski definition) is 2. The maximum atomic E-state index is 11.9. The van der Waals surface area contributed by atoms with E-state index >= 15 is 0 Å². The molecule has 0 amide bonds. The van der Waals surface area contributed by atoms with Crippen molar-refractivity contribution in [1.82, 2.24) is 0 Å². The number of rotatable bonds is 4. The maximum Gasteiger partial charge on any atom is 0.306 e. The molecule has 0 bridgehead atoms. The number of esters is 1. The van der Waals surface area contributed by atoms with Crippen molar-refractivity contribution in [1.29, 1.82) is 0 Å². The lowest BCUT2D eigenvalue weighted by Gasteiger charge is -2.20. The predicted molar refractivity (Wildman–Crippen MR) is 77.0 cm³/mol. The highest BCUT2D eigenvalue weighted by molar-refractivity contribution is 5.69. The first-order valence-corrected chi connectivity index (χ1v) is 7.58. The van der Waals surface area contributed by atoms with Gasteiger partial charge < -0.3 is 4.74 Å². The first-order chi connectivity index (χ1) is 9.34. The van der Waals surface area contributed by atoms with Gasteiger partial charge in [0.15, 0.2) is 0 Å². The fraction of sp³-hybridized carbons (Fsp3) is 0.588. The van der Waals surface area contributed by atoms with Gasteiger partial charge in [0.25, 0.3) is 0 Å². The van der Waals surface area contributed by atoms with E-state index < -0.39 is 0 Å². The Morgan fingerprint density at radius 2 is 1.63 bits per heavy atom. The van der Waals surface area contributed by atoms with Crippen LogP contribution in [-0.2, 0) is 16.0 Å². The van der Waals surface area contributed by atoms with Gasteiger partial charge in [-0.25, -0.2) is 0 Å². The Morgan fingerprint density at radius 3 is 2.32 bits per heavy atom. The van der Waals surface area contributed by atoms with Crippen LogP contribution < -0.4 is 0 Å². The monoisotopic (exact) mass is 260 g/mol. The molecule has 2 nitrogen and oxygen atoms in total. The summed E-state index contributed by atoms with van der Waals surface area (Å²) < 4.78 is 5.61. The summed E-state index contributed by atoms with van der Waals surface area (Å²) in [5.41, 5.74) is 1.21. The van der Waals surface area contributed by atoms with E-state index in [0.717, 1.165) is 19.3 Å². The minimum Gasteiger partial charge on any atom is -0.462 e. The Balaban J connectivity index is 1.71. The average Bonchev–Trinajstić information content (AvgIpc) is 2.41. The standard InChI is InChI=1S/C17H24O2/c18-17(14-13-15-9-5-4-6-10-15)19-16-11-7-2-1-3-8-12-16/h4-6,9-10,16H,1-3,7-8,11-14H2. The third-order valence-corrected chi connectivity index (χ3v) is 3.81. The van der Waals surface area contributed by atoms with Gasteiger partial charge in [-0.2, -0.15) is 0 Å². The number of carbonyl (C=O) groups is 1. The minimum absolute atomic E-state index is 0.0329. The number of carbonyl (C=O) groups excluding carboxylic acids is 1. The van der Waals surface area contributed by atoms with Gasteiger partial charge in [0.2, 0.25) is 0 Å². The lowest BCUT2D eigenvalue weighted by Crippen LogP contribution is -2.19. The van der Waals surface area contributed by atoms with Gasteiger partial charge in [-0.3, -0.25) is 4.79 Å². The molecule has 2 heteroatoms. The molecular weight excluding hydrogens is 236 g/mol. The fourth-order valence-corrected chi connectivity index (χ4v) is 2.67. The van der Waals surface area contributed by atoms with Crippen molar-refractivity contribution in [3.8, 4) is 0 Å². The maximum absolute atomic E-state index is 11.9. The molecule has 0 N–H and O–H groups in total.